The first-order valence-corrected chi connectivity index (χ1v) is 2.68. The van der Waals surface area contributed by atoms with Crippen LogP contribution in [-0.2, 0) is 6.18 Å². The molecule has 59 valence electrons. The Balaban J connectivity index is 3.06. The van der Waals surface area contributed by atoms with Crippen molar-refractivity contribution < 1.29 is 17.9 Å². The van der Waals surface area contributed by atoms with E-state index in [1.807, 2.05) is 6.07 Å². The summed E-state index contributed by atoms with van der Waals surface area (Å²) in [6.07, 6.45) is -3.12. The second-order valence-corrected chi connectivity index (χ2v) is 1.86. The monoisotopic (exact) mass is 162 g/mol. The second kappa shape index (κ2) is 2.41. The molecule has 2 nitrogen and oxygen atoms in total. The topological polar surface area (TPSA) is 26.9 Å². The second-order valence-electron chi connectivity index (χ2n) is 1.86. The van der Waals surface area contributed by atoms with Crippen molar-refractivity contribution in [2.24, 2.45) is 0 Å². The van der Waals surface area contributed by atoms with Crippen molar-refractivity contribution in [1.29, 1.82) is 0 Å². The summed E-state index contributed by atoms with van der Waals surface area (Å²) in [4.78, 5) is 0. The summed E-state index contributed by atoms with van der Waals surface area (Å²) in [6.45, 7) is 0. The molecular formula is C6H3F3NO. The molecule has 0 saturated heterocycles. The van der Waals surface area contributed by atoms with Gasteiger partial charge in [-0.1, -0.05) is 0 Å². The quantitative estimate of drug-likeness (QED) is 0.415. The van der Waals surface area contributed by atoms with Crippen molar-refractivity contribution in [2.45, 2.75) is 6.18 Å². The molecule has 11 heavy (non-hydrogen) atoms. The molecular weight excluding hydrogens is 159 g/mol. The molecule has 1 aromatic rings. The van der Waals surface area contributed by atoms with Crippen LogP contribution in [0.25, 0.3) is 0 Å². The van der Waals surface area contributed by atoms with Crippen molar-refractivity contribution in [3.63, 3.8) is 0 Å². The molecule has 1 heterocycles. The van der Waals surface area contributed by atoms with E-state index in [1.54, 1.807) is 0 Å². The molecule has 5 heteroatoms. The smallest absolute Gasteiger partial charge is 0.422 e. The average Bonchev–Trinajstić information content (AvgIpc) is 1.86. The number of hydrogen-bond donors (Lipinski definition) is 0. The summed E-state index contributed by atoms with van der Waals surface area (Å²) in [5.41, 5.74) is -1.06. The molecule has 0 fully saturated rings. The molecule has 0 unspecified atom stereocenters. The van der Waals surface area contributed by atoms with Crippen molar-refractivity contribution >= 4 is 0 Å². The van der Waals surface area contributed by atoms with Gasteiger partial charge in [-0.3, -0.25) is 0 Å². The number of pyridine rings is 1. The van der Waals surface area contributed by atoms with Gasteiger partial charge in [0.1, 0.15) is 5.56 Å². The predicted octanol–water partition coefficient (Wildman–Crippen LogP) is 1.14. The molecule has 0 spiro atoms. The lowest BCUT2D eigenvalue weighted by atomic mass is 10.3. The maximum atomic E-state index is 11.8. The van der Waals surface area contributed by atoms with Crippen molar-refractivity contribution in [1.82, 2.24) is 0 Å². The fraction of sp³-hybridized carbons (Fsp3) is 0.167. The van der Waals surface area contributed by atoms with E-state index in [2.05, 4.69) is 0 Å². The van der Waals surface area contributed by atoms with E-state index in [0.717, 1.165) is 12.3 Å². The van der Waals surface area contributed by atoms with Crippen LogP contribution in [0.2, 0.25) is 0 Å². The third kappa shape index (κ3) is 1.83. The molecule has 0 saturated carbocycles. The number of nitrogens with zero attached hydrogens (tertiary/aromatic N) is 1. The van der Waals surface area contributed by atoms with E-state index in [-0.39, 0.29) is 4.73 Å². The number of halogens is 3. The van der Waals surface area contributed by atoms with Gasteiger partial charge in [-0.2, -0.15) is 17.9 Å². The Morgan fingerprint density at radius 3 is 2.45 bits per heavy atom. The summed E-state index contributed by atoms with van der Waals surface area (Å²) >= 11 is 0. The first kappa shape index (κ1) is 7.84. The molecule has 0 aromatic carbocycles. The fourth-order valence-corrected chi connectivity index (χ4v) is 0.563. The summed E-state index contributed by atoms with van der Waals surface area (Å²) in [5, 5.41) is 10.3. The molecule has 0 bridgehead atoms. The number of rotatable bonds is 0. The largest absolute Gasteiger partial charge is 0.619 e. The Morgan fingerprint density at radius 2 is 2.09 bits per heavy atom. The van der Waals surface area contributed by atoms with E-state index < -0.39 is 11.7 Å². The summed E-state index contributed by atoms with van der Waals surface area (Å²) < 4.78 is 35.4. The van der Waals surface area contributed by atoms with Gasteiger partial charge in [0.25, 0.3) is 0 Å². The lowest BCUT2D eigenvalue weighted by Crippen LogP contribution is -2.26. The van der Waals surface area contributed by atoms with Gasteiger partial charge in [-0.05, 0) is 0 Å². The Kier molecular flexibility index (Phi) is 1.72. The summed E-state index contributed by atoms with van der Waals surface area (Å²) in [6, 6.07) is 2.83. The standard InChI is InChI=1S/C6H3F3NO/c7-6(8,9)5-2-1-3-10(11)4-5/h1,3-4H. The third-order valence-corrected chi connectivity index (χ3v) is 1.02. The Labute approximate surface area is 60.5 Å². The Bertz CT molecular complexity index is 258. The highest BCUT2D eigenvalue weighted by Gasteiger charge is 2.32. The van der Waals surface area contributed by atoms with Crippen molar-refractivity contribution in [3.8, 4) is 0 Å². The maximum Gasteiger partial charge on any atom is 0.422 e. The molecule has 0 amide bonds. The zero-order valence-corrected chi connectivity index (χ0v) is 5.22. The van der Waals surface area contributed by atoms with Crippen LogP contribution < -0.4 is 4.73 Å². The fourth-order valence-electron chi connectivity index (χ4n) is 0.563. The van der Waals surface area contributed by atoms with Crippen LogP contribution in [0.4, 0.5) is 13.2 Å². The third-order valence-electron chi connectivity index (χ3n) is 1.02. The average molecular weight is 162 g/mol. The zero-order chi connectivity index (χ0) is 8.48. The van der Waals surface area contributed by atoms with Gasteiger partial charge in [0, 0.05) is 12.1 Å². The van der Waals surface area contributed by atoms with Crippen molar-refractivity contribution in [2.75, 3.05) is 0 Å². The van der Waals surface area contributed by atoms with E-state index in [1.165, 1.54) is 0 Å². The van der Waals surface area contributed by atoms with Gasteiger partial charge in [-0.15, -0.1) is 0 Å². The first-order valence-electron chi connectivity index (χ1n) is 2.68. The lowest BCUT2D eigenvalue weighted by molar-refractivity contribution is -0.606. The van der Waals surface area contributed by atoms with Crippen LogP contribution in [0.1, 0.15) is 5.56 Å². The molecule has 1 aromatic heterocycles. The van der Waals surface area contributed by atoms with E-state index >= 15 is 0 Å². The van der Waals surface area contributed by atoms with Gasteiger partial charge in [0.05, 0.1) is 0 Å². The van der Waals surface area contributed by atoms with Crippen LogP contribution in [-0.4, -0.2) is 0 Å². The molecule has 0 aliphatic carbocycles. The van der Waals surface area contributed by atoms with Gasteiger partial charge in [0.2, 0.25) is 0 Å². The molecule has 0 atom stereocenters. The lowest BCUT2D eigenvalue weighted by Gasteiger charge is -2.03. The normalized spacial score (nSPS) is 11.5. The summed E-state index contributed by atoms with van der Waals surface area (Å²) in [5.74, 6) is 0. The zero-order valence-electron chi connectivity index (χ0n) is 5.22. The van der Waals surface area contributed by atoms with E-state index in [9.17, 15) is 18.4 Å². The number of hydrogen-bond acceptors (Lipinski definition) is 1. The molecule has 1 rings (SSSR count). The van der Waals surface area contributed by atoms with Crippen LogP contribution in [0.5, 0.6) is 0 Å². The van der Waals surface area contributed by atoms with Crippen LogP contribution in [0.3, 0.4) is 0 Å². The van der Waals surface area contributed by atoms with Crippen molar-refractivity contribution in [3.05, 3.63) is 35.3 Å². The summed E-state index contributed by atoms with van der Waals surface area (Å²) in [7, 11) is 0. The van der Waals surface area contributed by atoms with Gasteiger partial charge < -0.3 is 5.21 Å². The number of aromatic nitrogens is 1. The SMILES string of the molecule is [O-][n+]1cc[c]c(C(F)(F)F)c1. The van der Waals surface area contributed by atoms with Gasteiger partial charge in [-0.25, -0.2) is 0 Å². The number of alkyl halides is 3. The Hall–Kier alpha value is -1.26. The predicted molar refractivity (Wildman–Crippen MR) is 29.2 cm³/mol. The molecule has 0 N–H and O–H groups in total. The molecule has 1 radical (unpaired) electrons. The van der Waals surface area contributed by atoms with Crippen LogP contribution in [0, 0.1) is 11.3 Å². The maximum absolute atomic E-state index is 11.8. The minimum absolute atomic E-state index is 0.0827. The minimum atomic E-state index is -4.49. The highest BCUT2D eigenvalue weighted by atomic mass is 19.4. The van der Waals surface area contributed by atoms with Gasteiger partial charge in [0.15, 0.2) is 12.4 Å². The minimum Gasteiger partial charge on any atom is -0.619 e. The van der Waals surface area contributed by atoms with Gasteiger partial charge >= 0.3 is 6.18 Å². The van der Waals surface area contributed by atoms with E-state index in [0.29, 0.717) is 6.20 Å². The van der Waals surface area contributed by atoms with Crippen LogP contribution >= 0.6 is 0 Å². The highest BCUT2D eigenvalue weighted by molar-refractivity contribution is 5.07. The van der Waals surface area contributed by atoms with E-state index in [4.69, 9.17) is 0 Å². The molecule has 0 aliphatic rings. The van der Waals surface area contributed by atoms with Crippen LogP contribution in [0.15, 0.2) is 18.5 Å². The Morgan fingerprint density at radius 1 is 1.45 bits per heavy atom. The highest BCUT2D eigenvalue weighted by Crippen LogP contribution is 2.27. The first-order chi connectivity index (χ1) is 5.00. The molecule has 0 aliphatic heterocycles.